The number of imidazole rings is 1. The van der Waals surface area contributed by atoms with Crippen LogP contribution in [0.1, 0.15) is 18.4 Å². The van der Waals surface area contributed by atoms with Crippen LogP contribution in [-0.2, 0) is 13.0 Å². The predicted molar refractivity (Wildman–Crippen MR) is 82.4 cm³/mol. The molecule has 0 aliphatic heterocycles. The van der Waals surface area contributed by atoms with Crippen molar-refractivity contribution in [2.45, 2.75) is 19.9 Å². The van der Waals surface area contributed by atoms with Gasteiger partial charge in [-0.3, -0.25) is 0 Å². The third-order valence-corrected chi connectivity index (χ3v) is 4.23. The quantitative estimate of drug-likeness (QED) is 0.796. The van der Waals surface area contributed by atoms with Crippen molar-refractivity contribution in [3.63, 3.8) is 0 Å². The van der Waals surface area contributed by atoms with E-state index in [9.17, 15) is 0 Å². The Labute approximate surface area is 123 Å². The van der Waals surface area contributed by atoms with Gasteiger partial charge in [0.2, 0.25) is 0 Å². The van der Waals surface area contributed by atoms with Crippen LogP contribution < -0.4 is 5.73 Å². The first-order valence-corrected chi connectivity index (χ1v) is 7.69. The molecule has 0 spiro atoms. The van der Waals surface area contributed by atoms with Crippen molar-refractivity contribution in [1.29, 1.82) is 0 Å². The maximum atomic E-state index is 5.67. The first-order chi connectivity index (χ1) is 9.17. The van der Waals surface area contributed by atoms with Crippen LogP contribution in [0.25, 0.3) is 11.0 Å². The highest BCUT2D eigenvalue weighted by Gasteiger charge is 2.11. The highest BCUT2D eigenvalue weighted by Crippen LogP contribution is 2.23. The van der Waals surface area contributed by atoms with Crippen molar-refractivity contribution in [2.75, 3.05) is 5.73 Å². The van der Waals surface area contributed by atoms with Crippen LogP contribution in [0, 0.1) is 0 Å². The van der Waals surface area contributed by atoms with E-state index in [2.05, 4.69) is 38.5 Å². The monoisotopic (exact) mass is 336 g/mol. The molecule has 0 saturated heterocycles. The first kappa shape index (κ1) is 12.6. The summed E-state index contributed by atoms with van der Waals surface area (Å²) in [4.78, 5) is 9.01. The Morgan fingerprint density at radius 3 is 2.89 bits per heavy atom. The Hall–Kier alpha value is -1.40. The zero-order chi connectivity index (χ0) is 13.4. The highest BCUT2D eigenvalue weighted by atomic mass is 79.9. The van der Waals surface area contributed by atoms with E-state index in [1.807, 2.05) is 17.5 Å². The summed E-state index contributed by atoms with van der Waals surface area (Å²) in [5.74, 6) is 1.03. The van der Waals surface area contributed by atoms with Crippen molar-refractivity contribution >= 4 is 43.4 Å². The number of thiazole rings is 1. The van der Waals surface area contributed by atoms with E-state index in [-0.39, 0.29) is 0 Å². The lowest BCUT2D eigenvalue weighted by Crippen LogP contribution is -2.03. The molecule has 1 aromatic carbocycles. The molecule has 0 atom stereocenters. The molecular formula is C13H13BrN4S. The summed E-state index contributed by atoms with van der Waals surface area (Å²) < 4.78 is 3.27. The second kappa shape index (κ2) is 4.94. The minimum atomic E-state index is 0.608. The van der Waals surface area contributed by atoms with Gasteiger partial charge >= 0.3 is 0 Å². The van der Waals surface area contributed by atoms with Crippen LogP contribution in [0.2, 0.25) is 0 Å². The van der Waals surface area contributed by atoms with Crippen molar-refractivity contribution in [3.05, 3.63) is 39.6 Å². The molecule has 2 N–H and O–H groups in total. The molecule has 2 aromatic heterocycles. The van der Waals surface area contributed by atoms with E-state index in [1.165, 1.54) is 11.3 Å². The van der Waals surface area contributed by atoms with E-state index < -0.39 is 0 Å². The van der Waals surface area contributed by atoms with Gasteiger partial charge in [-0.15, -0.1) is 11.3 Å². The molecular weight excluding hydrogens is 324 g/mol. The van der Waals surface area contributed by atoms with E-state index in [0.717, 1.165) is 33.6 Å². The third-order valence-electron chi connectivity index (χ3n) is 3.01. The highest BCUT2D eigenvalue weighted by molar-refractivity contribution is 9.10. The van der Waals surface area contributed by atoms with Crippen LogP contribution in [0.4, 0.5) is 5.13 Å². The summed E-state index contributed by atoms with van der Waals surface area (Å²) in [6.45, 7) is 3.02. The molecule has 4 nitrogen and oxygen atoms in total. The fraction of sp³-hybridized carbons (Fsp3) is 0.231. The number of halogens is 1. The normalized spacial score (nSPS) is 11.3. The van der Waals surface area contributed by atoms with Crippen LogP contribution in [0.3, 0.4) is 0 Å². The van der Waals surface area contributed by atoms with Gasteiger partial charge < -0.3 is 10.3 Å². The fourth-order valence-electron chi connectivity index (χ4n) is 2.21. The number of nitrogens with two attached hydrogens (primary N) is 1. The topological polar surface area (TPSA) is 56.7 Å². The summed E-state index contributed by atoms with van der Waals surface area (Å²) in [6.07, 6.45) is 0.716. The van der Waals surface area contributed by atoms with Gasteiger partial charge in [-0.05, 0) is 25.1 Å². The lowest BCUT2D eigenvalue weighted by atomic mass is 10.3. The lowest BCUT2D eigenvalue weighted by Gasteiger charge is -2.04. The van der Waals surface area contributed by atoms with E-state index >= 15 is 0 Å². The molecule has 19 heavy (non-hydrogen) atoms. The van der Waals surface area contributed by atoms with Crippen LogP contribution in [-0.4, -0.2) is 14.5 Å². The Bertz CT molecular complexity index is 731. The van der Waals surface area contributed by atoms with E-state index in [1.54, 1.807) is 0 Å². The smallest absolute Gasteiger partial charge is 0.180 e. The van der Waals surface area contributed by atoms with Crippen molar-refractivity contribution < 1.29 is 0 Å². The number of nitrogens with zero attached hydrogens (tertiary/aromatic N) is 3. The maximum Gasteiger partial charge on any atom is 0.180 e. The molecule has 0 amide bonds. The van der Waals surface area contributed by atoms with E-state index in [4.69, 9.17) is 10.7 Å². The lowest BCUT2D eigenvalue weighted by molar-refractivity contribution is 0.730. The number of fused-ring (bicyclic) bond motifs is 1. The maximum absolute atomic E-state index is 5.67. The van der Waals surface area contributed by atoms with E-state index in [0.29, 0.717) is 11.6 Å². The molecule has 0 unspecified atom stereocenters. The molecule has 0 aliphatic carbocycles. The Balaban J connectivity index is 2.07. The molecule has 0 aliphatic rings. The number of hydrogen-bond donors (Lipinski definition) is 1. The summed E-state index contributed by atoms with van der Waals surface area (Å²) in [7, 11) is 0. The minimum Gasteiger partial charge on any atom is -0.375 e. The summed E-state index contributed by atoms with van der Waals surface area (Å²) in [5.41, 5.74) is 8.82. The Morgan fingerprint density at radius 2 is 2.21 bits per heavy atom. The van der Waals surface area contributed by atoms with Gasteiger partial charge in [0.25, 0.3) is 0 Å². The zero-order valence-corrected chi connectivity index (χ0v) is 12.8. The Kier molecular flexibility index (Phi) is 3.28. The molecule has 3 aromatic rings. The predicted octanol–water partition coefficient (Wildman–Crippen LogP) is 3.45. The Morgan fingerprint density at radius 1 is 1.37 bits per heavy atom. The number of aromatic nitrogens is 3. The standard InChI is InChI=1S/C13H13BrN4S/c1-2-18-11-4-3-8(14)5-10(11)17-12(18)6-9-7-19-13(15)16-9/h3-5,7H,2,6H2,1H3,(H2,15,16). The van der Waals surface area contributed by atoms with Crippen LogP contribution >= 0.6 is 27.3 Å². The number of hydrogen-bond acceptors (Lipinski definition) is 4. The number of aryl methyl sites for hydroxylation is 1. The molecule has 2 heterocycles. The molecule has 6 heteroatoms. The number of rotatable bonds is 3. The second-order valence-corrected chi connectivity index (χ2v) is 6.06. The van der Waals surface area contributed by atoms with Gasteiger partial charge in [0.05, 0.1) is 16.7 Å². The molecule has 0 radical (unpaired) electrons. The van der Waals surface area contributed by atoms with Gasteiger partial charge in [-0.25, -0.2) is 9.97 Å². The summed E-state index contributed by atoms with van der Waals surface area (Å²) in [6, 6.07) is 6.18. The van der Waals surface area contributed by atoms with Gasteiger partial charge in [-0.2, -0.15) is 0 Å². The zero-order valence-electron chi connectivity index (χ0n) is 10.4. The first-order valence-electron chi connectivity index (χ1n) is 6.02. The van der Waals surface area contributed by atoms with Crippen molar-refractivity contribution in [3.8, 4) is 0 Å². The minimum absolute atomic E-state index is 0.608. The van der Waals surface area contributed by atoms with Gasteiger partial charge in [0.15, 0.2) is 5.13 Å². The van der Waals surface area contributed by atoms with Gasteiger partial charge in [0, 0.05) is 22.8 Å². The van der Waals surface area contributed by atoms with Gasteiger partial charge in [0.1, 0.15) is 5.82 Å². The summed E-state index contributed by atoms with van der Waals surface area (Å²) >= 11 is 4.95. The molecule has 98 valence electrons. The van der Waals surface area contributed by atoms with Gasteiger partial charge in [-0.1, -0.05) is 15.9 Å². The average molecular weight is 337 g/mol. The number of benzene rings is 1. The second-order valence-electron chi connectivity index (χ2n) is 4.26. The molecule has 0 bridgehead atoms. The number of anilines is 1. The average Bonchev–Trinajstić information content (AvgIpc) is 2.92. The SMILES string of the molecule is CCn1c(Cc2csc(N)n2)nc2cc(Br)ccc21. The summed E-state index contributed by atoms with van der Waals surface area (Å²) in [5, 5.41) is 2.60. The fourth-order valence-corrected chi connectivity index (χ4v) is 3.12. The van der Waals surface area contributed by atoms with Crippen LogP contribution in [0.5, 0.6) is 0 Å². The largest absolute Gasteiger partial charge is 0.375 e. The van der Waals surface area contributed by atoms with Crippen LogP contribution in [0.15, 0.2) is 28.1 Å². The number of nitrogen functional groups attached to an aromatic ring is 1. The van der Waals surface area contributed by atoms with Crippen molar-refractivity contribution in [1.82, 2.24) is 14.5 Å². The molecule has 0 fully saturated rings. The molecule has 3 rings (SSSR count). The molecule has 0 saturated carbocycles. The third kappa shape index (κ3) is 2.37. The van der Waals surface area contributed by atoms with Crippen molar-refractivity contribution in [2.24, 2.45) is 0 Å².